The third-order valence-corrected chi connectivity index (χ3v) is 4.53. The SMILES string of the molecule is Cc1ccc(F)cc1NC(=O)c1nn(-c2ccc(F)cc2)c2ccccc2c1=O. The molecule has 144 valence electrons. The monoisotopic (exact) mass is 391 g/mol. The number of halogens is 2. The van der Waals surface area contributed by atoms with E-state index in [1.54, 1.807) is 31.2 Å². The van der Waals surface area contributed by atoms with Crippen LogP contribution >= 0.6 is 0 Å². The maximum Gasteiger partial charge on any atom is 0.280 e. The molecular weight excluding hydrogens is 376 g/mol. The number of benzene rings is 3. The number of anilines is 1. The second-order valence-electron chi connectivity index (χ2n) is 6.50. The van der Waals surface area contributed by atoms with E-state index in [0.717, 1.165) is 0 Å². The van der Waals surface area contributed by atoms with Gasteiger partial charge in [0, 0.05) is 5.69 Å². The molecule has 1 aromatic heterocycles. The van der Waals surface area contributed by atoms with Crippen LogP contribution in [0.25, 0.3) is 16.6 Å². The fourth-order valence-electron chi connectivity index (χ4n) is 3.02. The van der Waals surface area contributed by atoms with Crippen molar-refractivity contribution in [2.75, 3.05) is 5.32 Å². The molecular formula is C22H15F2N3O2. The van der Waals surface area contributed by atoms with E-state index in [1.165, 1.54) is 47.1 Å². The first kappa shape index (κ1) is 18.5. The zero-order valence-corrected chi connectivity index (χ0v) is 15.3. The lowest BCUT2D eigenvalue weighted by molar-refractivity contribution is 0.102. The Hall–Kier alpha value is -3.87. The molecule has 29 heavy (non-hydrogen) atoms. The van der Waals surface area contributed by atoms with Crippen molar-refractivity contribution >= 4 is 22.5 Å². The van der Waals surface area contributed by atoms with Crippen molar-refractivity contribution in [1.29, 1.82) is 0 Å². The van der Waals surface area contributed by atoms with Gasteiger partial charge in [-0.25, -0.2) is 13.5 Å². The second kappa shape index (κ2) is 7.27. The van der Waals surface area contributed by atoms with Crippen LogP contribution in [0.2, 0.25) is 0 Å². The van der Waals surface area contributed by atoms with Gasteiger partial charge in [0.1, 0.15) is 11.6 Å². The highest BCUT2D eigenvalue weighted by Gasteiger charge is 2.19. The number of hydrogen-bond donors (Lipinski definition) is 1. The molecule has 0 saturated heterocycles. The van der Waals surface area contributed by atoms with E-state index in [1.807, 2.05) is 0 Å². The maximum atomic E-state index is 13.5. The highest BCUT2D eigenvalue weighted by molar-refractivity contribution is 6.04. The highest BCUT2D eigenvalue weighted by Crippen LogP contribution is 2.19. The number of aromatic nitrogens is 2. The lowest BCUT2D eigenvalue weighted by Crippen LogP contribution is -2.27. The maximum absolute atomic E-state index is 13.5. The molecule has 7 heteroatoms. The number of rotatable bonds is 3. The van der Waals surface area contributed by atoms with Crippen molar-refractivity contribution in [3.63, 3.8) is 0 Å². The number of fused-ring (bicyclic) bond motifs is 1. The third-order valence-electron chi connectivity index (χ3n) is 4.53. The van der Waals surface area contributed by atoms with Crippen molar-refractivity contribution in [1.82, 2.24) is 9.78 Å². The van der Waals surface area contributed by atoms with Gasteiger partial charge in [-0.15, -0.1) is 0 Å². The number of nitrogens with zero attached hydrogens (tertiary/aromatic N) is 2. The van der Waals surface area contributed by atoms with Crippen LogP contribution in [0.5, 0.6) is 0 Å². The summed E-state index contributed by atoms with van der Waals surface area (Å²) in [4.78, 5) is 25.7. The van der Waals surface area contributed by atoms with Gasteiger partial charge in [-0.3, -0.25) is 9.59 Å². The number of amides is 1. The Morgan fingerprint density at radius 3 is 2.41 bits per heavy atom. The summed E-state index contributed by atoms with van der Waals surface area (Å²) in [6.07, 6.45) is 0. The van der Waals surface area contributed by atoms with Crippen molar-refractivity contribution < 1.29 is 13.6 Å². The van der Waals surface area contributed by atoms with Crippen molar-refractivity contribution in [3.05, 3.63) is 99.8 Å². The van der Waals surface area contributed by atoms with E-state index in [9.17, 15) is 18.4 Å². The number of carbonyl (C=O) groups excluding carboxylic acids is 1. The molecule has 0 radical (unpaired) electrons. The molecule has 0 saturated carbocycles. The van der Waals surface area contributed by atoms with Crippen LogP contribution in [0.1, 0.15) is 16.1 Å². The Morgan fingerprint density at radius 2 is 1.66 bits per heavy atom. The normalized spacial score (nSPS) is 10.9. The smallest absolute Gasteiger partial charge is 0.280 e. The molecule has 0 aliphatic rings. The van der Waals surface area contributed by atoms with Gasteiger partial charge in [0.05, 0.1) is 16.6 Å². The van der Waals surface area contributed by atoms with Gasteiger partial charge in [0.25, 0.3) is 5.91 Å². The molecule has 4 aromatic rings. The van der Waals surface area contributed by atoms with Crippen LogP contribution in [-0.2, 0) is 0 Å². The lowest BCUT2D eigenvalue weighted by Gasteiger charge is -2.13. The summed E-state index contributed by atoms with van der Waals surface area (Å²) in [5.41, 5.74) is 0.945. The lowest BCUT2D eigenvalue weighted by atomic mass is 10.1. The first-order valence-electron chi connectivity index (χ1n) is 8.79. The summed E-state index contributed by atoms with van der Waals surface area (Å²) in [6.45, 7) is 1.71. The molecule has 5 nitrogen and oxygen atoms in total. The fraction of sp³-hybridized carbons (Fsp3) is 0.0455. The van der Waals surface area contributed by atoms with Gasteiger partial charge in [0.15, 0.2) is 5.69 Å². The van der Waals surface area contributed by atoms with Crippen molar-refractivity contribution in [2.24, 2.45) is 0 Å². The van der Waals surface area contributed by atoms with Crippen molar-refractivity contribution in [2.45, 2.75) is 6.92 Å². The molecule has 1 heterocycles. The van der Waals surface area contributed by atoms with Gasteiger partial charge in [-0.05, 0) is 61.0 Å². The number of nitrogens with one attached hydrogen (secondary N) is 1. The quantitative estimate of drug-likeness (QED) is 0.569. The molecule has 0 unspecified atom stereocenters. The number of aryl methyl sites for hydroxylation is 1. The minimum absolute atomic E-state index is 0.248. The standard InChI is InChI=1S/C22H15F2N3O2/c1-13-6-7-15(24)12-18(13)25-22(29)20-21(28)17-4-2-3-5-19(17)27(26-20)16-10-8-14(23)9-11-16/h2-12H,1H3,(H,25,29). The summed E-state index contributed by atoms with van der Waals surface area (Å²) in [5.74, 6) is -1.69. The number of hydrogen-bond acceptors (Lipinski definition) is 3. The van der Waals surface area contributed by atoms with E-state index in [2.05, 4.69) is 10.4 Å². The van der Waals surface area contributed by atoms with Crippen LogP contribution < -0.4 is 10.7 Å². The molecule has 3 aromatic carbocycles. The van der Waals surface area contributed by atoms with E-state index in [-0.39, 0.29) is 16.8 Å². The van der Waals surface area contributed by atoms with Crippen LogP contribution in [0.4, 0.5) is 14.5 Å². The Morgan fingerprint density at radius 1 is 0.966 bits per heavy atom. The average molecular weight is 391 g/mol. The largest absolute Gasteiger partial charge is 0.320 e. The number of carbonyl (C=O) groups is 1. The van der Waals surface area contributed by atoms with Gasteiger partial charge in [-0.2, -0.15) is 5.10 Å². The van der Waals surface area contributed by atoms with Gasteiger partial charge < -0.3 is 5.32 Å². The minimum Gasteiger partial charge on any atom is -0.320 e. The third kappa shape index (κ3) is 3.50. The predicted octanol–water partition coefficient (Wildman–Crippen LogP) is 4.22. The zero-order valence-electron chi connectivity index (χ0n) is 15.3. The summed E-state index contributed by atoms with van der Waals surface area (Å²) in [6, 6.07) is 16.2. The Balaban J connectivity index is 1.87. The van der Waals surface area contributed by atoms with E-state index >= 15 is 0 Å². The summed E-state index contributed by atoms with van der Waals surface area (Å²) in [7, 11) is 0. The van der Waals surface area contributed by atoms with Crippen LogP contribution in [-0.4, -0.2) is 15.7 Å². The molecule has 4 rings (SSSR count). The molecule has 1 amide bonds. The van der Waals surface area contributed by atoms with Gasteiger partial charge >= 0.3 is 0 Å². The van der Waals surface area contributed by atoms with E-state index in [0.29, 0.717) is 16.8 Å². The molecule has 0 aliphatic carbocycles. The Bertz CT molecular complexity index is 1300. The molecule has 0 atom stereocenters. The van der Waals surface area contributed by atoms with Gasteiger partial charge in [0.2, 0.25) is 5.43 Å². The fourth-order valence-corrected chi connectivity index (χ4v) is 3.02. The van der Waals surface area contributed by atoms with Crippen LogP contribution in [0.3, 0.4) is 0 Å². The second-order valence-corrected chi connectivity index (χ2v) is 6.50. The van der Waals surface area contributed by atoms with Gasteiger partial charge in [-0.1, -0.05) is 18.2 Å². The zero-order chi connectivity index (χ0) is 20.5. The summed E-state index contributed by atoms with van der Waals surface area (Å²) >= 11 is 0. The molecule has 0 fully saturated rings. The molecule has 0 aliphatic heterocycles. The Kier molecular flexibility index (Phi) is 4.64. The molecule has 0 spiro atoms. The van der Waals surface area contributed by atoms with Crippen LogP contribution in [0.15, 0.2) is 71.5 Å². The number of para-hydroxylation sites is 1. The summed E-state index contributed by atoms with van der Waals surface area (Å²) < 4.78 is 28.3. The minimum atomic E-state index is -0.759. The first-order chi connectivity index (χ1) is 13.9. The topological polar surface area (TPSA) is 64.0 Å². The van der Waals surface area contributed by atoms with Crippen molar-refractivity contribution in [3.8, 4) is 5.69 Å². The summed E-state index contributed by atoms with van der Waals surface area (Å²) in [5, 5.41) is 7.06. The molecule has 1 N–H and O–H groups in total. The molecule has 0 bridgehead atoms. The predicted molar refractivity (Wildman–Crippen MR) is 106 cm³/mol. The van der Waals surface area contributed by atoms with E-state index < -0.39 is 23.0 Å². The first-order valence-corrected chi connectivity index (χ1v) is 8.79. The van der Waals surface area contributed by atoms with Crippen LogP contribution in [0, 0.1) is 18.6 Å². The highest BCUT2D eigenvalue weighted by atomic mass is 19.1. The van der Waals surface area contributed by atoms with E-state index in [4.69, 9.17) is 0 Å². The Labute approximate surface area is 164 Å². The average Bonchev–Trinajstić information content (AvgIpc) is 2.72.